The zero-order valence-corrected chi connectivity index (χ0v) is 19.0. The molecule has 0 unspecified atom stereocenters. The van der Waals surface area contributed by atoms with E-state index in [-0.39, 0.29) is 67.4 Å². The Morgan fingerprint density at radius 1 is 1.32 bits per heavy atom. The van der Waals surface area contributed by atoms with Crippen LogP contribution in [0.1, 0.15) is 10.5 Å². The van der Waals surface area contributed by atoms with Crippen LogP contribution in [0.15, 0.2) is 24.4 Å². The van der Waals surface area contributed by atoms with Gasteiger partial charge in [-0.05, 0) is 18.3 Å². The molecule has 1 atom stereocenters. The monoisotopic (exact) mass is 495 g/mol. The minimum Gasteiger partial charge on any atom is -0.474 e. The largest absolute Gasteiger partial charge is 0.474 e. The summed E-state index contributed by atoms with van der Waals surface area (Å²) in [6.45, 7) is 1.21. The Hall–Kier alpha value is -3.52. The fraction of sp³-hybridized carbons (Fsp3) is 0.400. The van der Waals surface area contributed by atoms with E-state index in [0.29, 0.717) is 0 Å². The first-order valence-electron chi connectivity index (χ1n) is 10.5. The molecule has 2 aliphatic rings. The number of methoxy groups -OCH3 is 1. The predicted octanol–water partition coefficient (Wildman–Crippen LogP) is 1.00. The van der Waals surface area contributed by atoms with Crippen LogP contribution in [0.25, 0.3) is 0 Å². The molecule has 1 aromatic carbocycles. The number of amides is 2. The molecule has 2 aliphatic heterocycles. The van der Waals surface area contributed by atoms with Gasteiger partial charge in [-0.25, -0.2) is 19.0 Å². The highest BCUT2D eigenvalue weighted by molar-refractivity contribution is 7.80. The molecule has 1 aromatic heterocycles. The molecule has 2 saturated heterocycles. The average molecular weight is 496 g/mol. The van der Waals surface area contributed by atoms with Crippen molar-refractivity contribution in [1.82, 2.24) is 25.9 Å². The first kappa shape index (κ1) is 23.6. The number of cyclic esters (lactones) is 1. The van der Waals surface area contributed by atoms with Gasteiger partial charge in [-0.3, -0.25) is 19.8 Å². The second kappa shape index (κ2) is 10.2. The van der Waals surface area contributed by atoms with Crippen LogP contribution in [0.4, 0.5) is 25.0 Å². The van der Waals surface area contributed by atoms with Crippen LogP contribution in [0.3, 0.4) is 0 Å². The Kier molecular flexibility index (Phi) is 7.07. The second-order valence-corrected chi connectivity index (χ2v) is 7.93. The molecule has 2 amide bonds. The predicted molar refractivity (Wildman–Crippen MR) is 121 cm³/mol. The van der Waals surface area contributed by atoms with E-state index in [4.69, 9.17) is 21.7 Å². The molecule has 4 rings (SSSR count). The van der Waals surface area contributed by atoms with Crippen molar-refractivity contribution in [2.75, 3.05) is 56.2 Å². The number of hydrogen-bond donors (Lipinski definition) is 3. The van der Waals surface area contributed by atoms with Crippen molar-refractivity contribution in [1.29, 1.82) is 0 Å². The van der Waals surface area contributed by atoms with Gasteiger partial charge in [0.05, 0.1) is 32.4 Å². The molecule has 14 heteroatoms. The number of thiocarbonyl (C=S) groups is 1. The summed E-state index contributed by atoms with van der Waals surface area (Å²) in [5.41, 5.74) is 3.00. The number of hydrazine groups is 1. The summed E-state index contributed by atoms with van der Waals surface area (Å²) >= 11 is 4.88. The highest BCUT2D eigenvalue weighted by Gasteiger charge is 2.34. The zero-order valence-electron chi connectivity index (χ0n) is 18.2. The number of nitrogens with one attached hydrogen (secondary N) is 3. The van der Waals surface area contributed by atoms with Crippen LogP contribution in [0, 0.1) is 11.6 Å². The highest BCUT2D eigenvalue weighted by atomic mass is 32.1. The van der Waals surface area contributed by atoms with Gasteiger partial charge in [0.1, 0.15) is 11.8 Å². The molecular weight excluding hydrogens is 472 g/mol. The van der Waals surface area contributed by atoms with Crippen molar-refractivity contribution in [3.8, 4) is 0 Å². The van der Waals surface area contributed by atoms with Gasteiger partial charge < -0.3 is 19.7 Å². The minimum atomic E-state index is -0.822. The number of aromatic nitrogens is 2. The summed E-state index contributed by atoms with van der Waals surface area (Å²) < 4.78 is 40.2. The Morgan fingerprint density at radius 2 is 2.09 bits per heavy atom. The number of carbonyl (C=O) groups excluding carboxylic acids is 2. The average Bonchev–Trinajstić information content (AvgIpc) is 3.41. The van der Waals surface area contributed by atoms with E-state index in [2.05, 4.69) is 20.9 Å². The van der Waals surface area contributed by atoms with E-state index in [0.717, 1.165) is 17.0 Å². The van der Waals surface area contributed by atoms with Crippen LogP contribution in [-0.2, 0) is 9.47 Å². The highest BCUT2D eigenvalue weighted by Crippen LogP contribution is 2.31. The molecule has 0 saturated carbocycles. The van der Waals surface area contributed by atoms with Crippen LogP contribution in [0.5, 0.6) is 0 Å². The van der Waals surface area contributed by atoms with E-state index in [9.17, 15) is 9.59 Å². The molecule has 0 radical (unpaired) electrons. The van der Waals surface area contributed by atoms with Crippen LogP contribution < -0.4 is 20.5 Å². The molecule has 3 heterocycles. The molecule has 182 valence electrons. The van der Waals surface area contributed by atoms with Crippen molar-refractivity contribution in [2.24, 2.45) is 0 Å². The zero-order chi connectivity index (χ0) is 24.2. The van der Waals surface area contributed by atoms with E-state index < -0.39 is 23.8 Å². The normalized spacial score (nSPS) is 18.5. The maximum atomic E-state index is 15.1. The van der Waals surface area contributed by atoms with Crippen molar-refractivity contribution in [3.63, 3.8) is 0 Å². The number of carbonyl (C=O) groups is 2. The summed E-state index contributed by atoms with van der Waals surface area (Å²) in [4.78, 5) is 27.4. The number of halogens is 2. The molecule has 3 N–H and O–H groups in total. The van der Waals surface area contributed by atoms with Crippen LogP contribution >= 0.6 is 12.2 Å². The van der Waals surface area contributed by atoms with Gasteiger partial charge in [0.2, 0.25) is 0 Å². The number of aromatic amines is 1. The quantitative estimate of drug-likeness (QED) is 0.523. The third-order valence-corrected chi connectivity index (χ3v) is 5.72. The second-order valence-electron chi connectivity index (χ2n) is 7.56. The number of ether oxygens (including phenoxy) is 2. The summed E-state index contributed by atoms with van der Waals surface area (Å²) in [6.07, 6.45) is 0.252. The molecular formula is C20H23F2N7O4S. The number of anilines is 2. The Balaban J connectivity index is 1.44. The van der Waals surface area contributed by atoms with E-state index >= 15 is 8.78 Å². The maximum absolute atomic E-state index is 15.1. The molecule has 0 aliphatic carbocycles. The van der Waals surface area contributed by atoms with Gasteiger partial charge in [0.15, 0.2) is 17.3 Å². The molecule has 2 fully saturated rings. The summed E-state index contributed by atoms with van der Waals surface area (Å²) in [6, 6.07) is 3.74. The lowest BCUT2D eigenvalue weighted by Gasteiger charge is -2.25. The maximum Gasteiger partial charge on any atom is 0.414 e. The SMILES string of the molecule is COC(=S)NC[C@H]1CN(c2cc(F)c(N3CCNN(C(=O)c4cc[nH]n4)CC3)c(F)c2)C(=O)O1. The fourth-order valence-electron chi connectivity index (χ4n) is 3.76. The lowest BCUT2D eigenvalue weighted by molar-refractivity contribution is 0.0675. The van der Waals surface area contributed by atoms with E-state index in [1.165, 1.54) is 23.2 Å². The first-order valence-corrected chi connectivity index (χ1v) is 10.9. The third-order valence-electron chi connectivity index (χ3n) is 5.41. The number of H-pyrrole nitrogens is 1. The van der Waals surface area contributed by atoms with Crippen LogP contribution in [-0.4, -0.2) is 84.9 Å². The molecule has 34 heavy (non-hydrogen) atoms. The van der Waals surface area contributed by atoms with E-state index in [1.54, 1.807) is 6.07 Å². The third kappa shape index (κ3) is 5.02. The van der Waals surface area contributed by atoms with E-state index in [1.807, 2.05) is 0 Å². The number of hydrogen-bond acceptors (Lipinski definition) is 8. The Morgan fingerprint density at radius 3 is 2.76 bits per heavy atom. The topological polar surface area (TPSA) is 115 Å². The first-order chi connectivity index (χ1) is 16.4. The van der Waals surface area contributed by atoms with Gasteiger partial charge >= 0.3 is 6.09 Å². The van der Waals surface area contributed by atoms with Gasteiger partial charge in [0, 0.05) is 38.0 Å². The lowest BCUT2D eigenvalue weighted by atomic mass is 10.2. The van der Waals surface area contributed by atoms with Gasteiger partial charge in [-0.15, -0.1) is 0 Å². The summed E-state index contributed by atoms with van der Waals surface area (Å²) in [7, 11) is 1.41. The Labute approximate surface area is 198 Å². The van der Waals surface area contributed by atoms with Gasteiger partial charge in [0.25, 0.3) is 11.1 Å². The molecule has 2 aromatic rings. The Bertz CT molecular complexity index is 1050. The molecule has 11 nitrogen and oxygen atoms in total. The number of nitrogens with zero attached hydrogens (tertiary/aromatic N) is 4. The molecule has 0 spiro atoms. The summed E-state index contributed by atoms with van der Waals surface area (Å²) in [5, 5.41) is 10.7. The smallest absolute Gasteiger partial charge is 0.414 e. The van der Waals surface area contributed by atoms with Crippen LogP contribution in [0.2, 0.25) is 0 Å². The molecule has 0 bridgehead atoms. The van der Waals surface area contributed by atoms with Crippen molar-refractivity contribution >= 4 is 40.8 Å². The summed E-state index contributed by atoms with van der Waals surface area (Å²) in [5.74, 6) is -1.99. The lowest BCUT2D eigenvalue weighted by Crippen LogP contribution is -2.43. The van der Waals surface area contributed by atoms with Crippen molar-refractivity contribution < 1.29 is 27.8 Å². The standard InChI is InChI=1S/C20H23F2N7O4S/c1-32-19(34)23-10-13-11-28(20(31)33-13)12-8-14(21)17(15(22)9-12)27-5-4-25-29(7-6-27)18(30)16-2-3-24-26-16/h2-3,8-9,13,25H,4-7,10-11H2,1H3,(H,23,34)(H,24,26)/t13-/m0/s1. The number of benzene rings is 1. The van der Waals surface area contributed by atoms with Gasteiger partial charge in [-0.2, -0.15) is 5.10 Å². The minimum absolute atomic E-state index is 0.0452. The van der Waals surface area contributed by atoms with Crippen molar-refractivity contribution in [2.45, 2.75) is 6.10 Å². The fourth-order valence-corrected chi connectivity index (χ4v) is 3.85. The van der Waals surface area contributed by atoms with Gasteiger partial charge in [-0.1, -0.05) is 0 Å². The van der Waals surface area contributed by atoms with Crippen molar-refractivity contribution in [3.05, 3.63) is 41.7 Å². The number of rotatable bonds is 5.